The first-order valence-corrected chi connectivity index (χ1v) is 7.94. The van der Waals surface area contributed by atoms with Gasteiger partial charge in [-0.05, 0) is 24.0 Å². The minimum Gasteiger partial charge on any atom is -0.324 e. The summed E-state index contributed by atoms with van der Waals surface area (Å²) in [5.41, 5.74) is 8.80. The molecule has 2 heteroatoms. The zero-order valence-electron chi connectivity index (χ0n) is 12.1. The lowest BCUT2D eigenvalue weighted by molar-refractivity contribution is 0.393. The maximum absolute atomic E-state index is 6.50. The van der Waals surface area contributed by atoms with Crippen LogP contribution in [-0.2, 0) is 0 Å². The van der Waals surface area contributed by atoms with Gasteiger partial charge in [-0.1, -0.05) is 62.8 Å². The van der Waals surface area contributed by atoms with Crippen molar-refractivity contribution < 1.29 is 0 Å². The molecule has 1 unspecified atom stereocenters. The van der Waals surface area contributed by atoms with Crippen molar-refractivity contribution in [2.24, 2.45) is 11.7 Å². The van der Waals surface area contributed by atoms with Crippen molar-refractivity contribution in [3.63, 3.8) is 0 Å². The van der Waals surface area contributed by atoms with Gasteiger partial charge in [0.05, 0.1) is 5.52 Å². The molecule has 3 rings (SSSR count). The van der Waals surface area contributed by atoms with Crippen LogP contribution in [0, 0.1) is 5.92 Å². The smallest absolute Gasteiger partial charge is 0.0749 e. The second-order valence-corrected chi connectivity index (χ2v) is 6.12. The van der Waals surface area contributed by atoms with Crippen LogP contribution in [0.1, 0.15) is 56.6 Å². The molecule has 1 fully saturated rings. The largest absolute Gasteiger partial charge is 0.324 e. The molecular formula is C18H24N2. The molecule has 0 bridgehead atoms. The molecule has 0 amide bonds. The van der Waals surface area contributed by atoms with Gasteiger partial charge in [0.1, 0.15) is 0 Å². The lowest BCUT2D eigenvalue weighted by Crippen LogP contribution is -2.16. The van der Waals surface area contributed by atoms with Gasteiger partial charge >= 0.3 is 0 Å². The molecule has 2 N–H and O–H groups in total. The zero-order valence-corrected chi connectivity index (χ0v) is 12.1. The van der Waals surface area contributed by atoms with E-state index in [1.165, 1.54) is 49.5 Å². The molecule has 1 aromatic carbocycles. The highest BCUT2D eigenvalue weighted by molar-refractivity contribution is 5.81. The van der Waals surface area contributed by atoms with Crippen LogP contribution in [0.4, 0.5) is 0 Å². The highest BCUT2D eigenvalue weighted by atomic mass is 14.7. The molecule has 106 valence electrons. The number of aromatic nitrogens is 1. The van der Waals surface area contributed by atoms with Gasteiger partial charge in [-0.2, -0.15) is 0 Å². The average molecular weight is 268 g/mol. The van der Waals surface area contributed by atoms with E-state index >= 15 is 0 Å². The Balaban J connectivity index is 1.79. The van der Waals surface area contributed by atoms with Gasteiger partial charge in [-0.3, -0.25) is 4.98 Å². The van der Waals surface area contributed by atoms with Crippen LogP contribution >= 0.6 is 0 Å². The summed E-state index contributed by atoms with van der Waals surface area (Å²) >= 11 is 0. The number of nitrogens with zero attached hydrogens (tertiary/aromatic N) is 1. The van der Waals surface area contributed by atoms with E-state index in [9.17, 15) is 0 Å². The molecule has 1 saturated carbocycles. The fraction of sp³-hybridized carbons (Fsp3) is 0.500. The predicted octanol–water partition coefficient (Wildman–Crippen LogP) is 4.60. The standard InChI is InChI=1S/C18H24N2/c19-17(13-14-7-3-1-2-4-8-14)16-11-5-9-15-10-6-12-20-18(15)16/h5-6,9-12,14,17H,1-4,7-8,13,19H2. The first kappa shape index (κ1) is 13.6. The van der Waals surface area contributed by atoms with Crippen LogP contribution in [-0.4, -0.2) is 4.98 Å². The van der Waals surface area contributed by atoms with E-state index in [1.54, 1.807) is 0 Å². The van der Waals surface area contributed by atoms with Crippen molar-refractivity contribution in [1.29, 1.82) is 0 Å². The number of pyridine rings is 1. The van der Waals surface area contributed by atoms with Gasteiger partial charge in [0, 0.05) is 17.6 Å². The summed E-state index contributed by atoms with van der Waals surface area (Å²) in [4.78, 5) is 4.53. The molecule has 1 aliphatic rings. The third kappa shape index (κ3) is 3.01. The molecule has 0 radical (unpaired) electrons. The van der Waals surface area contributed by atoms with Gasteiger partial charge in [0.15, 0.2) is 0 Å². The molecule has 0 saturated heterocycles. The van der Waals surface area contributed by atoms with Crippen molar-refractivity contribution >= 4 is 10.9 Å². The number of hydrogen-bond donors (Lipinski definition) is 1. The van der Waals surface area contributed by atoms with Gasteiger partial charge in [-0.25, -0.2) is 0 Å². The SMILES string of the molecule is NC(CC1CCCCCC1)c1cccc2cccnc12. The van der Waals surface area contributed by atoms with Gasteiger partial charge in [-0.15, -0.1) is 0 Å². The number of benzene rings is 1. The summed E-state index contributed by atoms with van der Waals surface area (Å²) in [6.07, 6.45) is 11.2. The number of fused-ring (bicyclic) bond motifs is 1. The first-order valence-electron chi connectivity index (χ1n) is 7.94. The molecule has 1 aliphatic carbocycles. The van der Waals surface area contributed by atoms with Crippen molar-refractivity contribution in [3.05, 3.63) is 42.1 Å². The van der Waals surface area contributed by atoms with E-state index < -0.39 is 0 Å². The molecule has 20 heavy (non-hydrogen) atoms. The summed E-state index contributed by atoms with van der Waals surface area (Å²) in [7, 11) is 0. The van der Waals surface area contributed by atoms with Crippen molar-refractivity contribution in [3.8, 4) is 0 Å². The van der Waals surface area contributed by atoms with Crippen LogP contribution < -0.4 is 5.73 Å². The Morgan fingerprint density at radius 3 is 2.60 bits per heavy atom. The zero-order chi connectivity index (χ0) is 13.8. The van der Waals surface area contributed by atoms with E-state index in [0.29, 0.717) is 0 Å². The summed E-state index contributed by atoms with van der Waals surface area (Å²) in [6.45, 7) is 0. The molecule has 1 atom stereocenters. The molecule has 0 spiro atoms. The third-order valence-electron chi connectivity index (χ3n) is 4.63. The summed E-state index contributed by atoms with van der Waals surface area (Å²) in [5.74, 6) is 0.798. The minimum absolute atomic E-state index is 0.122. The lowest BCUT2D eigenvalue weighted by atomic mass is 9.89. The predicted molar refractivity (Wildman–Crippen MR) is 84.5 cm³/mol. The fourth-order valence-corrected chi connectivity index (χ4v) is 3.51. The van der Waals surface area contributed by atoms with Crippen LogP contribution in [0.15, 0.2) is 36.5 Å². The summed E-state index contributed by atoms with van der Waals surface area (Å²) < 4.78 is 0. The molecule has 2 nitrogen and oxygen atoms in total. The number of hydrogen-bond acceptors (Lipinski definition) is 2. The Morgan fingerprint density at radius 2 is 1.80 bits per heavy atom. The van der Waals surface area contributed by atoms with Gasteiger partial charge in [0.25, 0.3) is 0 Å². The lowest BCUT2D eigenvalue weighted by Gasteiger charge is -2.20. The normalized spacial score (nSPS) is 18.9. The monoisotopic (exact) mass is 268 g/mol. The van der Waals surface area contributed by atoms with Crippen molar-refractivity contribution in [2.45, 2.75) is 51.0 Å². The Bertz CT molecular complexity index is 551. The van der Waals surface area contributed by atoms with E-state index in [-0.39, 0.29) is 6.04 Å². The van der Waals surface area contributed by atoms with Crippen LogP contribution in [0.3, 0.4) is 0 Å². The van der Waals surface area contributed by atoms with E-state index in [4.69, 9.17) is 5.73 Å². The molecular weight excluding hydrogens is 244 g/mol. The molecule has 0 aliphatic heterocycles. The highest BCUT2D eigenvalue weighted by Crippen LogP contribution is 2.31. The number of para-hydroxylation sites is 1. The Hall–Kier alpha value is -1.41. The summed E-state index contributed by atoms with van der Waals surface area (Å²) in [5, 5.41) is 1.20. The van der Waals surface area contributed by atoms with Gasteiger partial charge < -0.3 is 5.73 Å². The maximum atomic E-state index is 6.50. The van der Waals surface area contributed by atoms with E-state index in [1.807, 2.05) is 12.3 Å². The first-order chi connectivity index (χ1) is 9.84. The van der Waals surface area contributed by atoms with E-state index in [0.717, 1.165) is 17.9 Å². The fourth-order valence-electron chi connectivity index (χ4n) is 3.51. The highest BCUT2D eigenvalue weighted by Gasteiger charge is 2.18. The van der Waals surface area contributed by atoms with Crippen LogP contribution in [0.25, 0.3) is 10.9 Å². The third-order valence-corrected chi connectivity index (χ3v) is 4.63. The Kier molecular flexibility index (Phi) is 4.31. The number of rotatable bonds is 3. The van der Waals surface area contributed by atoms with Gasteiger partial charge in [0.2, 0.25) is 0 Å². The molecule has 1 aromatic heterocycles. The van der Waals surface area contributed by atoms with Crippen LogP contribution in [0.2, 0.25) is 0 Å². The minimum atomic E-state index is 0.122. The molecule has 2 aromatic rings. The maximum Gasteiger partial charge on any atom is 0.0749 e. The second-order valence-electron chi connectivity index (χ2n) is 6.12. The van der Waals surface area contributed by atoms with E-state index in [2.05, 4.69) is 29.2 Å². The Morgan fingerprint density at radius 1 is 1.05 bits per heavy atom. The van der Waals surface area contributed by atoms with Crippen LogP contribution in [0.5, 0.6) is 0 Å². The topological polar surface area (TPSA) is 38.9 Å². The average Bonchev–Trinajstić information content (AvgIpc) is 2.75. The number of nitrogens with two attached hydrogens (primary N) is 1. The second kappa shape index (κ2) is 6.36. The van der Waals surface area contributed by atoms with Crippen molar-refractivity contribution in [2.75, 3.05) is 0 Å². The summed E-state index contributed by atoms with van der Waals surface area (Å²) in [6, 6.07) is 10.6. The van der Waals surface area contributed by atoms with Crippen molar-refractivity contribution in [1.82, 2.24) is 4.98 Å². The Labute approximate surface area is 121 Å². The quantitative estimate of drug-likeness (QED) is 0.826. The molecule has 1 heterocycles.